The van der Waals surface area contributed by atoms with Gasteiger partial charge >= 0.3 is 5.97 Å². The minimum atomic E-state index is -0.931. The Morgan fingerprint density at radius 2 is 2.00 bits per heavy atom. The van der Waals surface area contributed by atoms with Crippen molar-refractivity contribution in [3.63, 3.8) is 0 Å². The van der Waals surface area contributed by atoms with Crippen LogP contribution in [0.4, 0.5) is 0 Å². The fourth-order valence-corrected chi connectivity index (χ4v) is 1.31. The molecule has 5 nitrogen and oxygen atoms in total. The monoisotopic (exact) mass is 203 g/mol. The Hall–Kier alpha value is -2.17. The van der Waals surface area contributed by atoms with Crippen LogP contribution in [0.15, 0.2) is 30.6 Å². The van der Waals surface area contributed by atoms with Crippen LogP contribution in [-0.2, 0) is 7.05 Å². The van der Waals surface area contributed by atoms with Crippen molar-refractivity contribution in [2.75, 3.05) is 0 Å². The van der Waals surface area contributed by atoms with Crippen LogP contribution in [0.1, 0.15) is 10.4 Å². The highest BCUT2D eigenvalue weighted by molar-refractivity contribution is 5.88. The second-order valence-corrected chi connectivity index (χ2v) is 3.15. The van der Waals surface area contributed by atoms with Crippen molar-refractivity contribution in [1.82, 2.24) is 14.8 Å². The number of aromatic nitrogens is 3. The molecule has 0 spiro atoms. The van der Waals surface area contributed by atoms with Gasteiger partial charge in [-0.3, -0.25) is 0 Å². The summed E-state index contributed by atoms with van der Waals surface area (Å²) in [7, 11) is 1.83. The first kappa shape index (κ1) is 9.39. The van der Waals surface area contributed by atoms with Gasteiger partial charge in [0.05, 0.1) is 5.56 Å². The highest BCUT2D eigenvalue weighted by Crippen LogP contribution is 2.16. The normalized spacial score (nSPS) is 10.2. The summed E-state index contributed by atoms with van der Waals surface area (Å²) in [4.78, 5) is 10.6. The van der Waals surface area contributed by atoms with E-state index in [2.05, 4.69) is 10.2 Å². The van der Waals surface area contributed by atoms with Gasteiger partial charge in [-0.1, -0.05) is 12.1 Å². The third-order valence-corrected chi connectivity index (χ3v) is 2.10. The van der Waals surface area contributed by atoms with E-state index < -0.39 is 5.97 Å². The molecule has 76 valence electrons. The molecule has 5 heteroatoms. The van der Waals surface area contributed by atoms with Crippen LogP contribution in [0, 0.1) is 0 Å². The number of hydrogen-bond acceptors (Lipinski definition) is 3. The van der Waals surface area contributed by atoms with Crippen molar-refractivity contribution in [1.29, 1.82) is 0 Å². The number of rotatable bonds is 2. The molecule has 0 saturated carbocycles. The highest BCUT2D eigenvalue weighted by atomic mass is 16.4. The topological polar surface area (TPSA) is 68.0 Å². The molecule has 1 N–H and O–H groups in total. The second-order valence-electron chi connectivity index (χ2n) is 3.15. The quantitative estimate of drug-likeness (QED) is 0.795. The maximum Gasteiger partial charge on any atom is 0.335 e. The fourth-order valence-electron chi connectivity index (χ4n) is 1.31. The summed E-state index contributed by atoms with van der Waals surface area (Å²) in [6.07, 6.45) is 1.60. The zero-order valence-corrected chi connectivity index (χ0v) is 8.08. The largest absolute Gasteiger partial charge is 0.478 e. The van der Waals surface area contributed by atoms with E-state index in [9.17, 15) is 4.79 Å². The number of nitrogens with zero attached hydrogens (tertiary/aromatic N) is 3. The SMILES string of the molecule is Cn1cnnc1-c1ccc(C(=O)O)cc1. The first-order valence-corrected chi connectivity index (χ1v) is 4.36. The van der Waals surface area contributed by atoms with Crippen molar-refractivity contribution in [2.45, 2.75) is 0 Å². The molecule has 0 fully saturated rings. The summed E-state index contributed by atoms with van der Waals surface area (Å²) in [5, 5.41) is 16.4. The van der Waals surface area contributed by atoms with Crippen molar-refractivity contribution < 1.29 is 9.90 Å². The van der Waals surface area contributed by atoms with Crippen molar-refractivity contribution >= 4 is 5.97 Å². The van der Waals surface area contributed by atoms with E-state index in [1.165, 1.54) is 0 Å². The fraction of sp³-hybridized carbons (Fsp3) is 0.100. The maximum atomic E-state index is 10.6. The van der Waals surface area contributed by atoms with Crippen LogP contribution < -0.4 is 0 Å². The molecule has 15 heavy (non-hydrogen) atoms. The molecule has 1 aromatic heterocycles. The van der Waals surface area contributed by atoms with Gasteiger partial charge in [0.25, 0.3) is 0 Å². The van der Waals surface area contributed by atoms with Gasteiger partial charge in [-0.2, -0.15) is 0 Å². The molecule has 0 radical (unpaired) electrons. The number of aryl methyl sites for hydroxylation is 1. The number of benzene rings is 1. The zero-order chi connectivity index (χ0) is 10.8. The molecule has 2 aromatic rings. The predicted octanol–water partition coefficient (Wildman–Crippen LogP) is 1.18. The van der Waals surface area contributed by atoms with Gasteiger partial charge in [-0.15, -0.1) is 10.2 Å². The van der Waals surface area contributed by atoms with E-state index in [0.29, 0.717) is 5.82 Å². The summed E-state index contributed by atoms with van der Waals surface area (Å²) in [6.45, 7) is 0. The van der Waals surface area contributed by atoms with E-state index in [1.54, 1.807) is 35.2 Å². The van der Waals surface area contributed by atoms with Crippen LogP contribution in [-0.4, -0.2) is 25.8 Å². The first-order chi connectivity index (χ1) is 7.18. The number of carboxylic acid groups (broad SMARTS) is 1. The average molecular weight is 203 g/mol. The number of carbonyl (C=O) groups is 1. The standard InChI is InChI=1S/C10H9N3O2/c1-13-6-11-12-9(13)7-2-4-8(5-3-7)10(14)15/h2-6H,1H3,(H,14,15). The van der Waals surface area contributed by atoms with Crippen LogP contribution in [0.2, 0.25) is 0 Å². The van der Waals surface area contributed by atoms with Crippen LogP contribution in [0.3, 0.4) is 0 Å². The lowest BCUT2D eigenvalue weighted by molar-refractivity contribution is 0.0697. The van der Waals surface area contributed by atoms with E-state index in [1.807, 2.05) is 7.05 Å². The van der Waals surface area contributed by atoms with Gasteiger partial charge in [-0.25, -0.2) is 4.79 Å². The third-order valence-electron chi connectivity index (χ3n) is 2.10. The van der Waals surface area contributed by atoms with Gasteiger partial charge in [0, 0.05) is 12.6 Å². The summed E-state index contributed by atoms with van der Waals surface area (Å²) in [5.74, 6) is -0.216. The Kier molecular flexibility index (Phi) is 2.21. The Bertz CT molecular complexity index is 488. The van der Waals surface area contributed by atoms with Gasteiger partial charge in [0.15, 0.2) is 5.82 Å². The minimum Gasteiger partial charge on any atom is -0.478 e. The maximum absolute atomic E-state index is 10.6. The smallest absolute Gasteiger partial charge is 0.335 e. The molecule has 0 unspecified atom stereocenters. The molecule has 1 heterocycles. The van der Waals surface area contributed by atoms with Gasteiger partial charge in [-0.05, 0) is 12.1 Å². The van der Waals surface area contributed by atoms with E-state index in [-0.39, 0.29) is 5.56 Å². The Morgan fingerprint density at radius 3 is 2.47 bits per heavy atom. The van der Waals surface area contributed by atoms with Crippen molar-refractivity contribution in [2.24, 2.45) is 7.05 Å². The highest BCUT2D eigenvalue weighted by Gasteiger charge is 2.06. The zero-order valence-electron chi connectivity index (χ0n) is 8.08. The molecule has 0 bridgehead atoms. The Morgan fingerprint density at radius 1 is 1.33 bits per heavy atom. The number of hydrogen-bond donors (Lipinski definition) is 1. The van der Waals surface area contributed by atoms with Gasteiger partial charge < -0.3 is 9.67 Å². The lowest BCUT2D eigenvalue weighted by Crippen LogP contribution is -1.96. The van der Waals surface area contributed by atoms with Crippen molar-refractivity contribution in [3.05, 3.63) is 36.2 Å². The lowest BCUT2D eigenvalue weighted by Gasteiger charge is -2.00. The third kappa shape index (κ3) is 1.71. The van der Waals surface area contributed by atoms with Gasteiger partial charge in [0.2, 0.25) is 0 Å². The molecule has 0 aliphatic carbocycles. The van der Waals surface area contributed by atoms with E-state index >= 15 is 0 Å². The van der Waals surface area contributed by atoms with Gasteiger partial charge in [0.1, 0.15) is 6.33 Å². The molecule has 2 rings (SSSR count). The molecular weight excluding hydrogens is 194 g/mol. The Labute approximate surface area is 86.0 Å². The minimum absolute atomic E-state index is 0.265. The first-order valence-electron chi connectivity index (χ1n) is 4.36. The predicted molar refractivity (Wildman–Crippen MR) is 53.4 cm³/mol. The summed E-state index contributed by atoms with van der Waals surface area (Å²) in [6, 6.07) is 6.53. The summed E-state index contributed by atoms with van der Waals surface area (Å²) < 4.78 is 1.77. The molecule has 1 aromatic carbocycles. The van der Waals surface area contributed by atoms with Crippen molar-refractivity contribution in [3.8, 4) is 11.4 Å². The Balaban J connectivity index is 2.40. The molecular formula is C10H9N3O2. The molecule has 0 aliphatic heterocycles. The second kappa shape index (κ2) is 3.53. The van der Waals surface area contributed by atoms with Crippen LogP contribution in [0.5, 0.6) is 0 Å². The number of carboxylic acids is 1. The van der Waals surface area contributed by atoms with Crippen LogP contribution in [0.25, 0.3) is 11.4 Å². The summed E-state index contributed by atoms with van der Waals surface area (Å²) in [5.41, 5.74) is 1.11. The molecule has 0 saturated heterocycles. The molecule has 0 amide bonds. The average Bonchev–Trinajstić information content (AvgIpc) is 2.65. The number of aromatic carboxylic acids is 1. The molecule has 0 atom stereocenters. The summed E-state index contributed by atoms with van der Waals surface area (Å²) >= 11 is 0. The van der Waals surface area contributed by atoms with Crippen LogP contribution >= 0.6 is 0 Å². The lowest BCUT2D eigenvalue weighted by atomic mass is 10.1. The van der Waals surface area contributed by atoms with E-state index in [0.717, 1.165) is 5.56 Å². The van der Waals surface area contributed by atoms with E-state index in [4.69, 9.17) is 5.11 Å². The molecule has 0 aliphatic rings.